The zero-order chi connectivity index (χ0) is 24.6. The van der Waals surface area contributed by atoms with E-state index in [1.54, 1.807) is 0 Å². The zero-order valence-electron chi connectivity index (χ0n) is 20.3. The molecule has 0 fully saturated rings. The fourth-order valence-electron chi connectivity index (χ4n) is 5.43. The maximum absolute atomic E-state index is 6.64. The van der Waals surface area contributed by atoms with Crippen LogP contribution in [0.15, 0.2) is 126 Å². The van der Waals surface area contributed by atoms with Crippen LogP contribution in [0.5, 0.6) is 11.5 Å². The third-order valence-electron chi connectivity index (χ3n) is 7.22. The smallest absolute Gasteiger partial charge is 0.217 e. The second-order valence-corrected chi connectivity index (χ2v) is 9.49. The summed E-state index contributed by atoms with van der Waals surface area (Å²) in [4.78, 5) is 0. The van der Waals surface area contributed by atoms with Crippen LogP contribution in [0.3, 0.4) is 0 Å². The number of nitrogens with zero attached hydrogens (tertiary/aromatic N) is 2. The molecular formula is C33H26N2O2. The Labute approximate surface area is 216 Å². The van der Waals surface area contributed by atoms with E-state index in [1.807, 2.05) is 42.5 Å². The molecule has 0 N–H and O–H groups in total. The molecule has 5 aromatic rings. The van der Waals surface area contributed by atoms with Crippen LogP contribution in [0.2, 0.25) is 0 Å². The highest BCUT2D eigenvalue weighted by molar-refractivity contribution is 6.11. The van der Waals surface area contributed by atoms with Crippen LogP contribution in [-0.4, -0.2) is 10.7 Å². The van der Waals surface area contributed by atoms with Gasteiger partial charge in [-0.2, -0.15) is 5.10 Å². The average molecular weight is 483 g/mol. The number of fused-ring (bicyclic) bond motifs is 4. The fourth-order valence-corrected chi connectivity index (χ4v) is 5.43. The predicted molar refractivity (Wildman–Crippen MR) is 147 cm³/mol. The second-order valence-electron chi connectivity index (χ2n) is 9.49. The summed E-state index contributed by atoms with van der Waals surface area (Å²) in [6, 6.07) is 41.8. The molecule has 0 saturated heterocycles. The van der Waals surface area contributed by atoms with E-state index in [2.05, 4.69) is 83.9 Å². The molecule has 7 rings (SSSR count). The minimum atomic E-state index is -0.389. The number of rotatable bonds is 5. The molecular weight excluding hydrogens is 456 g/mol. The first-order valence-corrected chi connectivity index (χ1v) is 12.7. The highest BCUT2D eigenvalue weighted by atomic mass is 16.5. The van der Waals surface area contributed by atoms with Gasteiger partial charge in [-0.3, -0.25) is 0 Å². The first-order chi connectivity index (χ1) is 18.3. The maximum Gasteiger partial charge on any atom is 0.217 e. The van der Waals surface area contributed by atoms with Crippen LogP contribution in [-0.2, 0) is 6.61 Å². The highest BCUT2D eigenvalue weighted by Crippen LogP contribution is 2.49. The lowest BCUT2D eigenvalue weighted by molar-refractivity contribution is -0.0207. The molecule has 2 atom stereocenters. The Hall–Kier alpha value is -4.57. The van der Waals surface area contributed by atoms with Crippen LogP contribution in [0.25, 0.3) is 10.8 Å². The molecule has 0 spiro atoms. The predicted octanol–water partition coefficient (Wildman–Crippen LogP) is 7.66. The number of ether oxygens (including phenoxy) is 2. The van der Waals surface area contributed by atoms with Crippen LogP contribution in [0, 0.1) is 0 Å². The summed E-state index contributed by atoms with van der Waals surface area (Å²) in [5, 5.41) is 9.79. The van der Waals surface area contributed by atoms with Crippen molar-refractivity contribution in [3.8, 4) is 11.5 Å². The normalized spacial score (nSPS) is 18.1. The van der Waals surface area contributed by atoms with Gasteiger partial charge in [-0.05, 0) is 34.5 Å². The van der Waals surface area contributed by atoms with E-state index in [1.165, 1.54) is 21.9 Å². The summed E-state index contributed by atoms with van der Waals surface area (Å²) in [5.41, 5.74) is 5.52. The summed E-state index contributed by atoms with van der Waals surface area (Å²) in [6.07, 6.45) is 0.428. The lowest BCUT2D eigenvalue weighted by Crippen LogP contribution is -2.34. The monoisotopic (exact) mass is 482 g/mol. The molecule has 4 heteroatoms. The standard InChI is InChI=1S/C33H26N2O2/c1-2-11-23(12-3-1)22-36-31-19-8-7-17-28(31)33-35-30(27-16-6-9-20-32(27)37-33)21-29(34-35)26-18-10-14-24-13-4-5-15-25(24)26/h1-20,30,33H,21-22H2/t30-,33-/m0/s1. The summed E-state index contributed by atoms with van der Waals surface area (Å²) >= 11 is 0. The molecule has 0 unspecified atom stereocenters. The molecule has 2 aliphatic heterocycles. The molecule has 0 aliphatic carbocycles. The van der Waals surface area contributed by atoms with Gasteiger partial charge in [-0.25, -0.2) is 5.01 Å². The largest absolute Gasteiger partial charge is 0.488 e. The second kappa shape index (κ2) is 9.14. The maximum atomic E-state index is 6.64. The molecule has 0 saturated carbocycles. The molecule has 2 aliphatic rings. The lowest BCUT2D eigenvalue weighted by Gasteiger charge is -2.38. The van der Waals surface area contributed by atoms with E-state index in [-0.39, 0.29) is 12.3 Å². The minimum absolute atomic E-state index is 0.0890. The van der Waals surface area contributed by atoms with E-state index < -0.39 is 0 Å². The van der Waals surface area contributed by atoms with E-state index in [0.29, 0.717) is 6.61 Å². The highest BCUT2D eigenvalue weighted by Gasteiger charge is 2.42. The van der Waals surface area contributed by atoms with Crippen molar-refractivity contribution < 1.29 is 9.47 Å². The number of hydrogen-bond acceptors (Lipinski definition) is 4. The molecule has 2 heterocycles. The summed E-state index contributed by atoms with van der Waals surface area (Å²) in [6.45, 7) is 0.495. The van der Waals surface area contributed by atoms with E-state index in [9.17, 15) is 0 Å². The van der Waals surface area contributed by atoms with Crippen LogP contribution < -0.4 is 9.47 Å². The molecule has 0 radical (unpaired) electrons. The Kier molecular flexibility index (Phi) is 5.36. The Morgan fingerprint density at radius 2 is 1.46 bits per heavy atom. The quantitative estimate of drug-likeness (QED) is 0.258. The minimum Gasteiger partial charge on any atom is -0.488 e. The van der Waals surface area contributed by atoms with Gasteiger partial charge in [0.25, 0.3) is 0 Å². The topological polar surface area (TPSA) is 34.1 Å². The number of hydrazone groups is 1. The van der Waals surface area contributed by atoms with E-state index in [0.717, 1.165) is 34.8 Å². The van der Waals surface area contributed by atoms with Gasteiger partial charge in [0, 0.05) is 17.5 Å². The Morgan fingerprint density at radius 1 is 0.730 bits per heavy atom. The zero-order valence-corrected chi connectivity index (χ0v) is 20.3. The number of benzene rings is 5. The average Bonchev–Trinajstić information content (AvgIpc) is 3.42. The fraction of sp³-hybridized carbons (Fsp3) is 0.121. The van der Waals surface area contributed by atoms with Crippen molar-refractivity contribution in [3.05, 3.63) is 144 Å². The van der Waals surface area contributed by atoms with Gasteiger partial charge in [0.1, 0.15) is 18.1 Å². The molecule has 5 aromatic carbocycles. The van der Waals surface area contributed by atoms with Gasteiger partial charge in [-0.15, -0.1) is 0 Å². The van der Waals surface area contributed by atoms with Gasteiger partial charge >= 0.3 is 0 Å². The molecule has 37 heavy (non-hydrogen) atoms. The van der Waals surface area contributed by atoms with Crippen molar-refractivity contribution in [2.45, 2.75) is 25.3 Å². The van der Waals surface area contributed by atoms with Crippen molar-refractivity contribution in [1.29, 1.82) is 0 Å². The Balaban J connectivity index is 1.30. The number of para-hydroxylation sites is 2. The van der Waals surface area contributed by atoms with Crippen LogP contribution in [0.4, 0.5) is 0 Å². The van der Waals surface area contributed by atoms with Crippen LogP contribution in [0.1, 0.15) is 40.9 Å². The third-order valence-corrected chi connectivity index (χ3v) is 7.22. The van der Waals surface area contributed by atoms with Crippen LogP contribution >= 0.6 is 0 Å². The Bertz CT molecular complexity index is 1610. The Morgan fingerprint density at radius 3 is 2.38 bits per heavy atom. The van der Waals surface area contributed by atoms with E-state index >= 15 is 0 Å². The molecule has 4 nitrogen and oxygen atoms in total. The van der Waals surface area contributed by atoms with Crippen molar-refractivity contribution in [2.24, 2.45) is 5.10 Å². The summed E-state index contributed by atoms with van der Waals surface area (Å²) in [7, 11) is 0. The lowest BCUT2D eigenvalue weighted by atomic mass is 9.93. The SMILES string of the molecule is c1ccc(COc2ccccc2[C@@H]2Oc3ccccc3[C@@H]3CC(c4cccc5ccccc45)=NN32)cc1. The van der Waals surface area contributed by atoms with Crippen molar-refractivity contribution in [3.63, 3.8) is 0 Å². The van der Waals surface area contributed by atoms with E-state index in [4.69, 9.17) is 14.6 Å². The van der Waals surface area contributed by atoms with Gasteiger partial charge in [0.05, 0.1) is 17.3 Å². The first kappa shape index (κ1) is 21.7. The first-order valence-electron chi connectivity index (χ1n) is 12.7. The van der Waals surface area contributed by atoms with Gasteiger partial charge in [0.2, 0.25) is 6.23 Å². The van der Waals surface area contributed by atoms with Gasteiger partial charge in [0.15, 0.2) is 0 Å². The molecule has 0 bridgehead atoms. The molecule has 180 valence electrons. The molecule has 0 aromatic heterocycles. The summed E-state index contributed by atoms with van der Waals surface area (Å²) in [5.74, 6) is 1.71. The molecule has 0 amide bonds. The number of hydrogen-bond donors (Lipinski definition) is 0. The summed E-state index contributed by atoms with van der Waals surface area (Å²) < 4.78 is 13.0. The van der Waals surface area contributed by atoms with Gasteiger partial charge < -0.3 is 9.47 Å². The third kappa shape index (κ3) is 3.91. The van der Waals surface area contributed by atoms with Crippen molar-refractivity contribution in [1.82, 2.24) is 5.01 Å². The van der Waals surface area contributed by atoms with Crippen molar-refractivity contribution >= 4 is 16.5 Å². The van der Waals surface area contributed by atoms with Gasteiger partial charge in [-0.1, -0.05) is 103 Å². The van der Waals surface area contributed by atoms with Crippen molar-refractivity contribution in [2.75, 3.05) is 0 Å².